The summed E-state index contributed by atoms with van der Waals surface area (Å²) >= 11 is 0. The zero-order valence-corrected chi connectivity index (χ0v) is 10.8. The monoisotopic (exact) mass is 281 g/mol. The molecule has 1 aromatic heterocycles. The fourth-order valence-electron chi connectivity index (χ4n) is 2.06. The Morgan fingerprint density at radius 1 is 1.05 bits per heavy atom. The van der Waals surface area contributed by atoms with Crippen LogP contribution < -0.4 is 5.32 Å². The van der Waals surface area contributed by atoms with Crippen LogP contribution in [0.25, 0.3) is 10.9 Å². The first-order chi connectivity index (χ1) is 10.2. The topological polar surface area (TPSA) is 48.7 Å². The van der Waals surface area contributed by atoms with E-state index in [2.05, 4.69) is 16.4 Å². The number of anilines is 2. The second-order valence-electron chi connectivity index (χ2n) is 4.43. The number of nitrogens with one attached hydrogen (secondary N) is 1. The second-order valence-corrected chi connectivity index (χ2v) is 4.43. The molecular formula is C16H9F2N3. The highest BCUT2D eigenvalue weighted by atomic mass is 19.1. The van der Waals surface area contributed by atoms with Gasteiger partial charge in [0.05, 0.1) is 22.8 Å². The van der Waals surface area contributed by atoms with Gasteiger partial charge in [0.2, 0.25) is 0 Å². The maximum absolute atomic E-state index is 13.6. The average Bonchev–Trinajstić information content (AvgIpc) is 2.50. The van der Waals surface area contributed by atoms with E-state index in [9.17, 15) is 14.0 Å². The molecule has 0 saturated heterocycles. The summed E-state index contributed by atoms with van der Waals surface area (Å²) in [6, 6.07) is 13.8. The van der Waals surface area contributed by atoms with E-state index in [0.717, 1.165) is 18.2 Å². The molecule has 0 fully saturated rings. The number of rotatable bonds is 2. The highest BCUT2D eigenvalue weighted by molar-refractivity contribution is 5.86. The lowest BCUT2D eigenvalue weighted by atomic mass is 10.1. The summed E-state index contributed by atoms with van der Waals surface area (Å²) in [5.74, 6) is -0.861. The van der Waals surface area contributed by atoms with Crippen LogP contribution in [0.2, 0.25) is 0 Å². The van der Waals surface area contributed by atoms with E-state index in [1.165, 1.54) is 6.07 Å². The minimum absolute atomic E-state index is 0.0262. The van der Waals surface area contributed by atoms with Crippen LogP contribution in [0.15, 0.2) is 48.5 Å². The zero-order chi connectivity index (χ0) is 14.8. The lowest BCUT2D eigenvalue weighted by Gasteiger charge is -2.09. The van der Waals surface area contributed by atoms with Crippen LogP contribution in [0.5, 0.6) is 0 Å². The van der Waals surface area contributed by atoms with Gasteiger partial charge in [0, 0.05) is 11.5 Å². The Bertz CT molecular complexity index is 869. The molecule has 3 aromatic rings. The van der Waals surface area contributed by atoms with Gasteiger partial charge < -0.3 is 5.32 Å². The van der Waals surface area contributed by atoms with Gasteiger partial charge in [-0.1, -0.05) is 18.2 Å². The molecule has 1 N–H and O–H groups in total. The molecule has 0 spiro atoms. The summed E-state index contributed by atoms with van der Waals surface area (Å²) in [6.07, 6.45) is 0. The molecule has 0 saturated carbocycles. The summed E-state index contributed by atoms with van der Waals surface area (Å²) in [5, 5.41) is 12.6. The van der Waals surface area contributed by atoms with Crippen molar-refractivity contribution in [3.63, 3.8) is 0 Å². The summed E-state index contributed by atoms with van der Waals surface area (Å²) in [6.45, 7) is 0. The molecule has 3 nitrogen and oxygen atoms in total. The molecule has 0 atom stereocenters. The first-order valence-electron chi connectivity index (χ1n) is 6.19. The minimum Gasteiger partial charge on any atom is -0.338 e. The molecule has 0 amide bonds. The molecule has 0 unspecified atom stereocenters. The number of hydrogen-bond acceptors (Lipinski definition) is 3. The molecule has 0 aliphatic heterocycles. The Kier molecular flexibility index (Phi) is 3.20. The summed E-state index contributed by atoms with van der Waals surface area (Å²) in [4.78, 5) is 4.30. The van der Waals surface area contributed by atoms with Crippen LogP contribution >= 0.6 is 0 Å². The van der Waals surface area contributed by atoms with E-state index in [-0.39, 0.29) is 11.5 Å². The number of nitriles is 1. The van der Waals surface area contributed by atoms with Crippen LogP contribution in [-0.4, -0.2) is 4.98 Å². The third-order valence-corrected chi connectivity index (χ3v) is 3.03. The van der Waals surface area contributed by atoms with Crippen LogP contribution in [0.1, 0.15) is 5.56 Å². The Hall–Kier alpha value is -3.00. The van der Waals surface area contributed by atoms with E-state index in [4.69, 9.17) is 0 Å². The molecular weight excluding hydrogens is 272 g/mol. The van der Waals surface area contributed by atoms with Crippen molar-refractivity contribution >= 4 is 22.4 Å². The van der Waals surface area contributed by atoms with Gasteiger partial charge in [0.15, 0.2) is 0 Å². The van der Waals surface area contributed by atoms with Crippen molar-refractivity contribution in [3.8, 4) is 6.07 Å². The largest absolute Gasteiger partial charge is 0.338 e. The Balaban J connectivity index is 2.09. The van der Waals surface area contributed by atoms with Crippen LogP contribution in [0.4, 0.5) is 20.3 Å². The first kappa shape index (κ1) is 13.0. The predicted octanol–water partition coefficient (Wildman–Crippen LogP) is 4.13. The average molecular weight is 281 g/mol. The van der Waals surface area contributed by atoms with Crippen molar-refractivity contribution in [1.29, 1.82) is 5.26 Å². The van der Waals surface area contributed by atoms with Gasteiger partial charge in [-0.05, 0) is 24.3 Å². The van der Waals surface area contributed by atoms with Gasteiger partial charge >= 0.3 is 0 Å². The number of halogens is 2. The number of pyridine rings is 1. The summed E-state index contributed by atoms with van der Waals surface area (Å²) in [5.41, 5.74) is 0.998. The molecule has 0 aliphatic carbocycles. The maximum Gasteiger partial charge on any atom is 0.146 e. The molecule has 21 heavy (non-hydrogen) atoms. The van der Waals surface area contributed by atoms with E-state index in [0.29, 0.717) is 16.5 Å². The number of aromatic nitrogens is 1. The molecule has 2 aromatic carbocycles. The second kappa shape index (κ2) is 5.17. The van der Waals surface area contributed by atoms with E-state index in [1.807, 2.05) is 6.07 Å². The number of benzene rings is 2. The van der Waals surface area contributed by atoms with Gasteiger partial charge in [-0.25, -0.2) is 13.8 Å². The molecule has 102 valence electrons. The van der Waals surface area contributed by atoms with E-state index >= 15 is 0 Å². The van der Waals surface area contributed by atoms with Gasteiger partial charge in [0.25, 0.3) is 0 Å². The number of para-hydroxylation sites is 1. The Morgan fingerprint density at radius 2 is 1.86 bits per heavy atom. The highest BCUT2D eigenvalue weighted by Gasteiger charge is 2.08. The Labute approximate surface area is 119 Å². The predicted molar refractivity (Wildman–Crippen MR) is 76.1 cm³/mol. The number of nitrogens with zero attached hydrogens (tertiary/aromatic N) is 2. The molecule has 5 heteroatoms. The van der Waals surface area contributed by atoms with Crippen molar-refractivity contribution in [2.45, 2.75) is 0 Å². The van der Waals surface area contributed by atoms with Gasteiger partial charge in [0.1, 0.15) is 17.5 Å². The fourth-order valence-corrected chi connectivity index (χ4v) is 2.06. The van der Waals surface area contributed by atoms with E-state index < -0.39 is 11.6 Å². The quantitative estimate of drug-likeness (QED) is 0.768. The van der Waals surface area contributed by atoms with Gasteiger partial charge in [-0.15, -0.1) is 0 Å². The molecule has 0 aliphatic rings. The smallest absolute Gasteiger partial charge is 0.146 e. The van der Waals surface area contributed by atoms with Gasteiger partial charge in [-0.3, -0.25) is 0 Å². The maximum atomic E-state index is 13.6. The third-order valence-electron chi connectivity index (χ3n) is 3.03. The highest BCUT2D eigenvalue weighted by Crippen LogP contribution is 2.24. The van der Waals surface area contributed by atoms with Crippen molar-refractivity contribution < 1.29 is 8.78 Å². The SMILES string of the molecule is N#Cc1cc(Nc2cc(F)ccc2F)nc2ccccc12. The number of hydrogen-bond donors (Lipinski definition) is 1. The van der Waals surface area contributed by atoms with Crippen LogP contribution in [0, 0.1) is 23.0 Å². The van der Waals surface area contributed by atoms with Crippen molar-refractivity contribution in [3.05, 3.63) is 65.7 Å². The van der Waals surface area contributed by atoms with Crippen LogP contribution in [0.3, 0.4) is 0 Å². The molecule has 1 heterocycles. The molecule has 0 radical (unpaired) electrons. The third kappa shape index (κ3) is 2.51. The first-order valence-corrected chi connectivity index (χ1v) is 6.19. The molecule has 3 rings (SSSR count). The van der Waals surface area contributed by atoms with Crippen molar-refractivity contribution in [2.75, 3.05) is 5.32 Å². The normalized spacial score (nSPS) is 10.3. The standard InChI is InChI=1S/C16H9F2N3/c17-11-5-6-13(18)15(8-11)21-16-7-10(9-19)12-3-1-2-4-14(12)20-16/h1-8H,(H,20,21). The van der Waals surface area contributed by atoms with E-state index in [1.54, 1.807) is 18.2 Å². The van der Waals surface area contributed by atoms with Crippen LogP contribution in [-0.2, 0) is 0 Å². The fraction of sp³-hybridized carbons (Fsp3) is 0. The summed E-state index contributed by atoms with van der Waals surface area (Å²) < 4.78 is 26.8. The lowest BCUT2D eigenvalue weighted by molar-refractivity contribution is 0.603. The lowest BCUT2D eigenvalue weighted by Crippen LogP contribution is -1.98. The molecule has 0 bridgehead atoms. The Morgan fingerprint density at radius 3 is 2.67 bits per heavy atom. The van der Waals surface area contributed by atoms with Crippen molar-refractivity contribution in [2.24, 2.45) is 0 Å². The van der Waals surface area contributed by atoms with Gasteiger partial charge in [-0.2, -0.15) is 5.26 Å². The minimum atomic E-state index is -0.593. The summed E-state index contributed by atoms with van der Waals surface area (Å²) in [7, 11) is 0. The zero-order valence-electron chi connectivity index (χ0n) is 10.8. The number of fused-ring (bicyclic) bond motifs is 1. The van der Waals surface area contributed by atoms with Crippen molar-refractivity contribution in [1.82, 2.24) is 4.98 Å².